The zero-order chi connectivity index (χ0) is 45.6. The summed E-state index contributed by atoms with van der Waals surface area (Å²) in [5.74, 6) is 0.636. The van der Waals surface area contributed by atoms with Crippen LogP contribution in [0, 0.1) is 23.7 Å². The van der Waals surface area contributed by atoms with Crippen LogP contribution in [-0.2, 0) is 32.2 Å². The lowest BCUT2D eigenvalue weighted by Gasteiger charge is -2.31. The highest BCUT2D eigenvalue weighted by Gasteiger charge is 2.41. The molecule has 2 aliphatic heterocycles. The topological polar surface area (TPSA) is 109 Å². The van der Waals surface area contributed by atoms with E-state index in [1.807, 2.05) is 38.1 Å². The van der Waals surface area contributed by atoms with Gasteiger partial charge in [-0.05, 0) is 192 Å². The number of hydrogen-bond acceptors (Lipinski definition) is 9. The normalized spacial score (nSPS) is 22.4. The highest BCUT2D eigenvalue weighted by Crippen LogP contribution is 2.39. The van der Waals surface area contributed by atoms with Gasteiger partial charge < -0.3 is 24.4 Å². The number of carbonyl (C=O) groups excluding carboxylic acids is 2. The van der Waals surface area contributed by atoms with Crippen molar-refractivity contribution < 1.29 is 47.2 Å². The Balaban J connectivity index is 0.000000214. The first-order valence-electron chi connectivity index (χ1n) is 23.7. The van der Waals surface area contributed by atoms with Gasteiger partial charge >= 0.3 is 18.1 Å². The molecule has 4 aliphatic rings. The van der Waals surface area contributed by atoms with Crippen LogP contribution in [-0.4, -0.2) is 89.7 Å². The van der Waals surface area contributed by atoms with Gasteiger partial charge in [-0.15, -0.1) is 0 Å². The summed E-state index contributed by atoms with van der Waals surface area (Å²) in [7, 11) is 0. The molecule has 0 bridgehead atoms. The maximum atomic E-state index is 12.9. The number of aliphatic hydroxyl groups excluding tert-OH is 1. The zero-order valence-electron chi connectivity index (χ0n) is 38.0. The lowest BCUT2D eigenvalue weighted by Crippen LogP contribution is -2.36. The Morgan fingerprint density at radius 2 is 1.06 bits per heavy atom. The van der Waals surface area contributed by atoms with Crippen molar-refractivity contribution in [3.63, 3.8) is 0 Å². The molecule has 2 saturated carbocycles. The first-order chi connectivity index (χ1) is 30.8. The van der Waals surface area contributed by atoms with E-state index in [1.165, 1.54) is 24.0 Å². The lowest BCUT2D eigenvalue weighted by molar-refractivity contribution is -0.185. The van der Waals surface area contributed by atoms with E-state index < -0.39 is 12.1 Å². The van der Waals surface area contributed by atoms with Gasteiger partial charge in [-0.3, -0.25) is 19.4 Å². The fraction of sp³-hybridized carbons (Fsp3) is 0.585. The predicted molar refractivity (Wildman–Crippen MR) is 252 cm³/mol. The minimum Gasteiger partial charge on any atom is -0.508 e. The third-order valence-corrected chi connectivity index (χ3v) is 13.4. The molecular weight excluding hydrogens is 834 g/mol. The Hall–Kier alpha value is -4.39. The average Bonchev–Trinajstić information content (AvgIpc) is 3.28. The second kappa shape index (κ2) is 24.9. The smallest absolute Gasteiger partial charge is 0.391 e. The second-order valence-corrected chi connectivity index (χ2v) is 18.4. The van der Waals surface area contributed by atoms with Crippen LogP contribution in [0.3, 0.4) is 0 Å². The van der Waals surface area contributed by atoms with E-state index in [0.717, 1.165) is 105 Å². The first kappa shape index (κ1) is 51.6. The summed E-state index contributed by atoms with van der Waals surface area (Å²) in [5, 5.41) is 22.9. The summed E-state index contributed by atoms with van der Waals surface area (Å²) < 4.78 is 54.9. The summed E-state index contributed by atoms with van der Waals surface area (Å²) in [6.45, 7) is 12.2. The van der Waals surface area contributed by atoms with Crippen LogP contribution in [0.15, 0.2) is 72.8 Å². The van der Waals surface area contributed by atoms with Crippen molar-refractivity contribution in [2.24, 2.45) is 23.7 Å². The minimum atomic E-state index is -4.09. The number of nitrogens with zero attached hydrogens (tertiary/aromatic N) is 2. The van der Waals surface area contributed by atoms with Crippen LogP contribution >= 0.6 is 0 Å². The third-order valence-electron chi connectivity index (χ3n) is 13.4. The number of ether oxygens (including phenoxy) is 3. The monoisotopic (exact) mass is 907 g/mol. The standard InChI is InChI=1S/C26H32F3NO3.C19H23NO3.C7H14O.CH4/c1-2-32-25(31)19-11-13-30(14-12-19)17-18-3-4-21-16-24(8-5-20(21)15-18)33-23-9-6-22(7-10-23)26(27,28)29;1-2-23-19(22)15-7-9-20(10-8-15)13-14-3-4-17-12-18(21)6-5-16(17)11-14;1-6-2-4-7(8)5-3-6;/h3-5,8,15-16,19,22-23H,2,6-7,9-14,17H2,1H3;3-6,11-12,15,21H,2,7-10,13H2,1H3;6-8H,2-5H2,1H3;1H4. The number of aliphatic hydroxyl groups is 1. The van der Waals surface area contributed by atoms with E-state index in [2.05, 4.69) is 53.1 Å². The molecule has 0 amide bonds. The van der Waals surface area contributed by atoms with Crippen LogP contribution < -0.4 is 4.74 Å². The molecule has 4 aromatic carbocycles. The van der Waals surface area contributed by atoms with Crippen molar-refractivity contribution in [1.82, 2.24) is 9.80 Å². The van der Waals surface area contributed by atoms with E-state index in [4.69, 9.17) is 19.3 Å². The summed E-state index contributed by atoms with van der Waals surface area (Å²) >= 11 is 0. The molecule has 0 unspecified atom stereocenters. The Morgan fingerprint density at radius 3 is 1.52 bits per heavy atom. The molecule has 4 fully saturated rings. The van der Waals surface area contributed by atoms with Gasteiger partial charge in [0.2, 0.25) is 0 Å². The van der Waals surface area contributed by atoms with E-state index >= 15 is 0 Å². The van der Waals surface area contributed by atoms with Gasteiger partial charge in [-0.1, -0.05) is 50.7 Å². The van der Waals surface area contributed by atoms with Crippen LogP contribution in [0.5, 0.6) is 11.5 Å². The Kier molecular flexibility index (Phi) is 19.8. The molecule has 2 saturated heterocycles. The quantitative estimate of drug-likeness (QED) is 0.150. The van der Waals surface area contributed by atoms with Crippen LogP contribution in [0.1, 0.15) is 116 Å². The molecule has 358 valence electrons. The number of benzene rings is 4. The van der Waals surface area contributed by atoms with Crippen LogP contribution in [0.25, 0.3) is 21.5 Å². The molecule has 2 aliphatic carbocycles. The molecule has 9 nitrogen and oxygen atoms in total. The highest BCUT2D eigenvalue weighted by molar-refractivity contribution is 5.85. The third kappa shape index (κ3) is 15.9. The van der Waals surface area contributed by atoms with E-state index in [-0.39, 0.29) is 56.3 Å². The van der Waals surface area contributed by atoms with Crippen molar-refractivity contribution in [2.45, 2.75) is 137 Å². The Bertz CT molecular complexity index is 2070. The number of rotatable bonds is 10. The number of halogens is 3. The van der Waals surface area contributed by atoms with Gasteiger partial charge in [0.25, 0.3) is 0 Å². The van der Waals surface area contributed by atoms with Crippen molar-refractivity contribution in [3.8, 4) is 11.5 Å². The van der Waals surface area contributed by atoms with Crippen LogP contribution in [0.4, 0.5) is 13.2 Å². The number of carbonyl (C=O) groups is 2. The Morgan fingerprint density at radius 1 is 0.615 bits per heavy atom. The minimum absolute atomic E-state index is 0. The summed E-state index contributed by atoms with van der Waals surface area (Å²) in [4.78, 5) is 28.4. The van der Waals surface area contributed by atoms with Crippen molar-refractivity contribution in [3.05, 3.63) is 83.9 Å². The molecule has 2 heterocycles. The summed E-state index contributed by atoms with van der Waals surface area (Å²) in [5.41, 5.74) is 2.48. The van der Waals surface area contributed by atoms with Gasteiger partial charge in [-0.25, -0.2) is 0 Å². The van der Waals surface area contributed by atoms with Gasteiger partial charge in [-0.2, -0.15) is 13.2 Å². The molecule has 8 rings (SSSR count). The number of phenolic OH excluding ortho intramolecular Hbond substituents is 1. The number of alkyl halides is 3. The van der Waals surface area contributed by atoms with Crippen molar-refractivity contribution >= 4 is 33.5 Å². The molecule has 2 N–H and O–H groups in total. The molecule has 65 heavy (non-hydrogen) atoms. The molecule has 0 spiro atoms. The molecule has 0 aromatic heterocycles. The van der Waals surface area contributed by atoms with Gasteiger partial charge in [0.1, 0.15) is 11.5 Å². The zero-order valence-corrected chi connectivity index (χ0v) is 38.0. The van der Waals surface area contributed by atoms with Gasteiger partial charge in [0.15, 0.2) is 0 Å². The number of fused-ring (bicyclic) bond motifs is 2. The largest absolute Gasteiger partial charge is 0.508 e. The fourth-order valence-corrected chi connectivity index (χ4v) is 9.46. The summed E-state index contributed by atoms with van der Waals surface area (Å²) in [6.07, 6.45) is 4.85. The van der Waals surface area contributed by atoms with Crippen molar-refractivity contribution in [2.75, 3.05) is 39.4 Å². The predicted octanol–water partition coefficient (Wildman–Crippen LogP) is 11.6. The number of hydrogen-bond donors (Lipinski definition) is 2. The van der Waals surface area contributed by atoms with E-state index in [9.17, 15) is 27.9 Å². The van der Waals surface area contributed by atoms with Crippen LogP contribution in [0.2, 0.25) is 0 Å². The highest BCUT2D eigenvalue weighted by atomic mass is 19.4. The Labute approximate surface area is 384 Å². The van der Waals surface area contributed by atoms with Crippen molar-refractivity contribution in [1.29, 1.82) is 0 Å². The van der Waals surface area contributed by atoms with E-state index in [0.29, 0.717) is 37.6 Å². The fourth-order valence-electron chi connectivity index (χ4n) is 9.46. The molecule has 4 aromatic rings. The molecule has 0 atom stereocenters. The number of phenols is 1. The number of likely N-dealkylation sites (tertiary alicyclic amines) is 2. The molecule has 0 radical (unpaired) electrons. The average molecular weight is 907 g/mol. The summed E-state index contributed by atoms with van der Waals surface area (Å²) in [6, 6.07) is 24.0. The molecular formula is C53H73F3N2O7. The maximum Gasteiger partial charge on any atom is 0.391 e. The van der Waals surface area contributed by atoms with E-state index in [1.54, 1.807) is 12.1 Å². The first-order valence-corrected chi connectivity index (χ1v) is 23.7. The number of aromatic hydroxyl groups is 1. The van der Waals surface area contributed by atoms with Gasteiger partial charge in [0.05, 0.1) is 43.2 Å². The second-order valence-electron chi connectivity index (χ2n) is 18.4. The molecule has 12 heteroatoms. The SMILES string of the molecule is C.CC1CCC(O)CC1.CCOC(=O)C1CCN(Cc2ccc3cc(O)ccc3c2)CC1.CCOC(=O)C1CCN(Cc2ccc3cc(OC4CCC(C(F)(F)F)CC4)ccc3c2)CC1. The maximum absolute atomic E-state index is 12.9. The lowest BCUT2D eigenvalue weighted by atomic mass is 9.87. The number of piperidine rings is 2. The number of esters is 2. The van der Waals surface area contributed by atoms with Gasteiger partial charge in [0, 0.05) is 13.1 Å².